The van der Waals surface area contributed by atoms with Crippen molar-refractivity contribution < 1.29 is 4.79 Å². The third-order valence-corrected chi connectivity index (χ3v) is 5.67. The van der Waals surface area contributed by atoms with E-state index in [1.807, 2.05) is 53.4 Å². The largest absolute Gasteiger partial charge is 0.342 e. The lowest BCUT2D eigenvalue weighted by Crippen LogP contribution is -2.42. The third-order valence-electron chi connectivity index (χ3n) is 5.42. The number of hydrogen-bond acceptors (Lipinski definition) is 3. The normalized spacial score (nSPS) is 18.4. The Morgan fingerprint density at radius 3 is 2.82 bits per heavy atom. The van der Waals surface area contributed by atoms with Crippen LogP contribution >= 0.6 is 11.6 Å². The Morgan fingerprint density at radius 2 is 2.04 bits per heavy atom. The average molecular weight is 397 g/mol. The molecule has 146 valence electrons. The highest BCUT2D eigenvalue weighted by Crippen LogP contribution is 2.27. The zero-order valence-corrected chi connectivity index (χ0v) is 16.5. The number of fused-ring (bicyclic) bond motifs is 1. The molecule has 0 radical (unpaired) electrons. The van der Waals surface area contributed by atoms with E-state index in [-0.39, 0.29) is 17.9 Å². The molecule has 2 atom stereocenters. The molecule has 1 unspecified atom stereocenters. The van der Waals surface area contributed by atoms with Gasteiger partial charge >= 0.3 is 0 Å². The lowest BCUT2D eigenvalue weighted by Gasteiger charge is -2.32. The Balaban J connectivity index is 1.36. The van der Waals surface area contributed by atoms with Gasteiger partial charge in [0.25, 0.3) is 0 Å². The fourth-order valence-corrected chi connectivity index (χ4v) is 4.07. The quantitative estimate of drug-likeness (QED) is 0.687. The van der Waals surface area contributed by atoms with Gasteiger partial charge in [-0.15, -0.1) is 0 Å². The molecule has 5 nitrogen and oxygen atoms in total. The molecular formula is C22H25ClN4O. The highest BCUT2D eigenvalue weighted by molar-refractivity contribution is 6.30. The van der Waals surface area contributed by atoms with E-state index in [0.717, 1.165) is 41.8 Å². The smallest absolute Gasteiger partial charge is 0.224 e. The Labute approximate surface area is 169 Å². The number of nitrogens with two attached hydrogens (primary N) is 1. The van der Waals surface area contributed by atoms with Crippen LogP contribution in [0.5, 0.6) is 0 Å². The molecule has 1 saturated heterocycles. The van der Waals surface area contributed by atoms with Gasteiger partial charge < -0.3 is 15.6 Å². The molecule has 0 saturated carbocycles. The second kappa shape index (κ2) is 8.33. The van der Waals surface area contributed by atoms with E-state index in [1.165, 1.54) is 0 Å². The van der Waals surface area contributed by atoms with Crippen molar-refractivity contribution in [3.05, 3.63) is 64.9 Å². The molecule has 28 heavy (non-hydrogen) atoms. The van der Waals surface area contributed by atoms with Crippen LogP contribution in [0.15, 0.2) is 48.5 Å². The van der Waals surface area contributed by atoms with Gasteiger partial charge in [0.15, 0.2) is 0 Å². The van der Waals surface area contributed by atoms with Crippen molar-refractivity contribution in [3.63, 3.8) is 0 Å². The van der Waals surface area contributed by atoms with Crippen LogP contribution in [0.2, 0.25) is 5.02 Å². The molecule has 1 aliphatic rings. The van der Waals surface area contributed by atoms with Crippen LogP contribution in [0.3, 0.4) is 0 Å². The number of aromatic nitrogens is 2. The van der Waals surface area contributed by atoms with Gasteiger partial charge in [-0.3, -0.25) is 4.79 Å². The first-order chi connectivity index (χ1) is 13.6. The standard InChI is InChI=1S/C22H25ClN4O/c23-17-9-7-15(8-10-17)12-18(24)13-21(28)27-11-3-4-16(14-27)22-25-19-5-1-2-6-20(19)26-22/h1-2,5-10,16,18H,3-4,11-14,24H2,(H,25,26)/t16?,18-/m1/s1. The van der Waals surface area contributed by atoms with Crippen LogP contribution in [-0.2, 0) is 11.2 Å². The zero-order valence-electron chi connectivity index (χ0n) is 15.8. The summed E-state index contributed by atoms with van der Waals surface area (Å²) in [6.07, 6.45) is 3.06. The zero-order chi connectivity index (χ0) is 19.5. The summed E-state index contributed by atoms with van der Waals surface area (Å²) in [5, 5.41) is 0.707. The second-order valence-corrected chi connectivity index (χ2v) is 8.05. The minimum Gasteiger partial charge on any atom is -0.342 e. The van der Waals surface area contributed by atoms with Crippen LogP contribution < -0.4 is 5.73 Å². The van der Waals surface area contributed by atoms with Gasteiger partial charge in [-0.2, -0.15) is 0 Å². The van der Waals surface area contributed by atoms with Crippen LogP contribution in [0, 0.1) is 0 Å². The summed E-state index contributed by atoms with van der Waals surface area (Å²) in [6, 6.07) is 15.5. The van der Waals surface area contributed by atoms with Gasteiger partial charge in [-0.05, 0) is 49.1 Å². The van der Waals surface area contributed by atoms with Crippen LogP contribution in [0.25, 0.3) is 11.0 Å². The number of nitrogens with one attached hydrogen (secondary N) is 1. The number of likely N-dealkylation sites (tertiary alicyclic amines) is 1. The van der Waals surface area contributed by atoms with Gasteiger partial charge in [0.2, 0.25) is 5.91 Å². The van der Waals surface area contributed by atoms with E-state index in [9.17, 15) is 4.79 Å². The maximum absolute atomic E-state index is 12.8. The minimum absolute atomic E-state index is 0.127. The molecule has 0 aliphatic carbocycles. The van der Waals surface area contributed by atoms with Crippen LogP contribution in [-0.4, -0.2) is 39.9 Å². The number of benzene rings is 2. The Kier molecular flexibility index (Phi) is 5.64. The summed E-state index contributed by atoms with van der Waals surface area (Å²) in [7, 11) is 0. The number of carbonyl (C=O) groups is 1. The molecular weight excluding hydrogens is 372 g/mol. The first kappa shape index (κ1) is 19.0. The average Bonchev–Trinajstić information content (AvgIpc) is 3.14. The Bertz CT molecular complexity index is 920. The molecule has 0 bridgehead atoms. The van der Waals surface area contributed by atoms with Crippen LogP contribution in [0.1, 0.15) is 36.6 Å². The van der Waals surface area contributed by atoms with Gasteiger partial charge in [0.1, 0.15) is 5.82 Å². The number of aromatic amines is 1. The first-order valence-corrected chi connectivity index (χ1v) is 10.2. The number of amides is 1. The van der Waals surface area contributed by atoms with Crippen molar-refractivity contribution in [2.24, 2.45) is 5.73 Å². The molecule has 1 aliphatic heterocycles. The molecule has 2 aromatic carbocycles. The highest BCUT2D eigenvalue weighted by atomic mass is 35.5. The van der Waals surface area contributed by atoms with E-state index in [0.29, 0.717) is 24.4 Å². The van der Waals surface area contributed by atoms with E-state index in [2.05, 4.69) is 4.98 Å². The number of para-hydroxylation sites is 2. The fraction of sp³-hybridized carbons (Fsp3) is 0.364. The molecule has 6 heteroatoms. The van der Waals surface area contributed by atoms with Crippen molar-refractivity contribution >= 4 is 28.5 Å². The third kappa shape index (κ3) is 4.37. The van der Waals surface area contributed by atoms with Gasteiger partial charge in [-0.1, -0.05) is 35.9 Å². The molecule has 0 spiro atoms. The molecule has 3 aromatic rings. The molecule has 1 aromatic heterocycles. The Hall–Kier alpha value is -2.37. The number of nitrogens with zero attached hydrogens (tertiary/aromatic N) is 2. The van der Waals surface area contributed by atoms with Crippen molar-refractivity contribution in [3.8, 4) is 0 Å². The van der Waals surface area contributed by atoms with Crippen molar-refractivity contribution in [2.75, 3.05) is 13.1 Å². The van der Waals surface area contributed by atoms with Gasteiger partial charge in [0.05, 0.1) is 11.0 Å². The van der Waals surface area contributed by atoms with E-state index in [1.54, 1.807) is 0 Å². The molecule has 1 fully saturated rings. The van der Waals surface area contributed by atoms with Gasteiger partial charge in [0, 0.05) is 36.5 Å². The van der Waals surface area contributed by atoms with E-state index in [4.69, 9.17) is 22.3 Å². The monoisotopic (exact) mass is 396 g/mol. The van der Waals surface area contributed by atoms with Gasteiger partial charge in [-0.25, -0.2) is 4.98 Å². The first-order valence-electron chi connectivity index (χ1n) is 9.81. The summed E-state index contributed by atoms with van der Waals surface area (Å²) < 4.78 is 0. The number of H-pyrrole nitrogens is 1. The fourth-order valence-electron chi connectivity index (χ4n) is 3.94. The summed E-state index contributed by atoms with van der Waals surface area (Å²) in [6.45, 7) is 1.50. The topological polar surface area (TPSA) is 75.0 Å². The molecule has 4 rings (SSSR count). The number of piperidine rings is 1. The van der Waals surface area contributed by atoms with Crippen LogP contribution in [0.4, 0.5) is 0 Å². The number of carbonyl (C=O) groups excluding carboxylic acids is 1. The van der Waals surface area contributed by atoms with E-state index < -0.39 is 0 Å². The summed E-state index contributed by atoms with van der Waals surface area (Å²) in [5.74, 6) is 1.35. The summed E-state index contributed by atoms with van der Waals surface area (Å²) >= 11 is 5.92. The van der Waals surface area contributed by atoms with Crippen molar-refractivity contribution in [2.45, 2.75) is 37.6 Å². The maximum atomic E-state index is 12.8. The summed E-state index contributed by atoms with van der Waals surface area (Å²) in [5.41, 5.74) is 9.37. The number of imidazole rings is 1. The molecule has 3 N–H and O–H groups in total. The minimum atomic E-state index is -0.194. The van der Waals surface area contributed by atoms with Crippen molar-refractivity contribution in [1.29, 1.82) is 0 Å². The summed E-state index contributed by atoms with van der Waals surface area (Å²) in [4.78, 5) is 22.9. The number of rotatable bonds is 5. The predicted octanol–water partition coefficient (Wildman–Crippen LogP) is 3.88. The molecule has 1 amide bonds. The highest BCUT2D eigenvalue weighted by Gasteiger charge is 2.27. The predicted molar refractivity (Wildman–Crippen MR) is 112 cm³/mol. The second-order valence-electron chi connectivity index (χ2n) is 7.61. The number of halogens is 1. The number of hydrogen-bond donors (Lipinski definition) is 2. The lowest BCUT2D eigenvalue weighted by molar-refractivity contribution is -0.132. The molecule has 2 heterocycles. The lowest BCUT2D eigenvalue weighted by atomic mass is 9.96. The Morgan fingerprint density at radius 1 is 1.25 bits per heavy atom. The SMILES string of the molecule is N[C@@H](CC(=O)N1CCCC(c2nc3ccccc3[nH]2)C1)Cc1ccc(Cl)cc1. The van der Waals surface area contributed by atoms with E-state index >= 15 is 0 Å². The maximum Gasteiger partial charge on any atom is 0.224 e. The van der Waals surface area contributed by atoms with Crippen molar-refractivity contribution in [1.82, 2.24) is 14.9 Å².